The van der Waals surface area contributed by atoms with Crippen molar-refractivity contribution >= 4 is 5.91 Å². The van der Waals surface area contributed by atoms with Gasteiger partial charge in [0.25, 0.3) is 5.91 Å². The van der Waals surface area contributed by atoms with Crippen molar-refractivity contribution in [2.45, 2.75) is 38.6 Å². The number of allylic oxidation sites excluding steroid dienone is 5. The summed E-state index contributed by atoms with van der Waals surface area (Å²) in [5, 5.41) is 8.11. The lowest BCUT2D eigenvalue weighted by molar-refractivity contribution is -0.0906. The van der Waals surface area contributed by atoms with Crippen LogP contribution in [0.5, 0.6) is 0 Å². The molecule has 30 heavy (non-hydrogen) atoms. The second-order valence-electron chi connectivity index (χ2n) is 8.58. The molecule has 0 bridgehead atoms. The third-order valence-corrected chi connectivity index (χ3v) is 6.77. The van der Waals surface area contributed by atoms with Gasteiger partial charge in [-0.1, -0.05) is 18.7 Å². The zero-order valence-corrected chi connectivity index (χ0v) is 16.5. The molecule has 6 nitrogen and oxygen atoms in total. The van der Waals surface area contributed by atoms with Crippen LogP contribution in [-0.4, -0.2) is 51.4 Å². The number of carbonyl (C=O) groups excluding carboxylic acids is 1. The number of aromatic nitrogens is 3. The van der Waals surface area contributed by atoms with Crippen LogP contribution in [0.25, 0.3) is 0 Å². The van der Waals surface area contributed by atoms with Gasteiger partial charge in [-0.25, -0.2) is 0 Å². The van der Waals surface area contributed by atoms with Crippen LogP contribution >= 0.6 is 0 Å². The maximum atomic E-state index is 13.6. The van der Waals surface area contributed by atoms with Gasteiger partial charge < -0.3 is 14.2 Å². The van der Waals surface area contributed by atoms with Crippen molar-refractivity contribution in [2.75, 3.05) is 19.7 Å². The van der Waals surface area contributed by atoms with E-state index >= 15 is 0 Å². The minimum Gasteiger partial charge on any atom is -0.372 e. The molecule has 9 heteroatoms. The number of nitrogens with zero attached hydrogens (tertiary/aromatic N) is 4. The SMILES string of the molecule is C=C1CC=CC(C2C[C@@H]3CN(C(=O)c4nnc5n4CCOC5)C[C@@H]3C2)=C1C(F)(F)F. The van der Waals surface area contributed by atoms with Gasteiger partial charge in [0.15, 0.2) is 5.82 Å². The summed E-state index contributed by atoms with van der Waals surface area (Å²) in [7, 11) is 0. The first kappa shape index (κ1) is 19.5. The molecule has 3 atom stereocenters. The van der Waals surface area contributed by atoms with E-state index in [0.717, 1.165) is 0 Å². The van der Waals surface area contributed by atoms with Gasteiger partial charge in [-0.15, -0.1) is 10.2 Å². The van der Waals surface area contributed by atoms with Crippen LogP contribution in [0.1, 0.15) is 35.7 Å². The molecule has 0 N–H and O–H groups in total. The van der Waals surface area contributed by atoms with Crippen LogP contribution in [0.3, 0.4) is 0 Å². The van der Waals surface area contributed by atoms with Crippen molar-refractivity contribution in [3.8, 4) is 0 Å². The number of hydrogen-bond acceptors (Lipinski definition) is 4. The van der Waals surface area contributed by atoms with E-state index in [1.807, 2.05) is 4.57 Å². The predicted molar refractivity (Wildman–Crippen MR) is 101 cm³/mol. The van der Waals surface area contributed by atoms with Crippen LogP contribution in [0.4, 0.5) is 13.2 Å². The fourth-order valence-electron chi connectivity index (χ4n) is 5.44. The van der Waals surface area contributed by atoms with Gasteiger partial charge in [-0.2, -0.15) is 13.2 Å². The Labute approximate surface area is 172 Å². The van der Waals surface area contributed by atoms with E-state index < -0.39 is 11.7 Å². The third-order valence-electron chi connectivity index (χ3n) is 6.77. The summed E-state index contributed by atoms with van der Waals surface area (Å²) in [6.07, 6.45) is 0.590. The van der Waals surface area contributed by atoms with Crippen LogP contribution in [0.2, 0.25) is 0 Å². The predicted octanol–water partition coefficient (Wildman–Crippen LogP) is 3.28. The van der Waals surface area contributed by atoms with E-state index in [1.165, 1.54) is 0 Å². The highest BCUT2D eigenvalue weighted by molar-refractivity contribution is 5.91. The van der Waals surface area contributed by atoms with Gasteiger partial charge in [0.1, 0.15) is 6.61 Å². The Morgan fingerprint density at radius 1 is 1.20 bits per heavy atom. The minimum absolute atomic E-state index is 0.139. The number of halogens is 3. The molecule has 0 aromatic carbocycles. The Balaban J connectivity index is 1.31. The third kappa shape index (κ3) is 3.19. The summed E-state index contributed by atoms with van der Waals surface area (Å²) < 4.78 is 48.0. The lowest BCUT2D eigenvalue weighted by Gasteiger charge is -2.26. The number of ether oxygens (including phenoxy) is 1. The van der Waals surface area contributed by atoms with Crippen LogP contribution in [0, 0.1) is 17.8 Å². The van der Waals surface area contributed by atoms with Crippen molar-refractivity contribution in [1.82, 2.24) is 19.7 Å². The van der Waals surface area contributed by atoms with E-state index in [4.69, 9.17) is 4.74 Å². The van der Waals surface area contributed by atoms with Crippen molar-refractivity contribution in [3.63, 3.8) is 0 Å². The fraction of sp³-hybridized carbons (Fsp3) is 0.571. The van der Waals surface area contributed by atoms with Crippen LogP contribution in [0.15, 0.2) is 35.5 Å². The Hall–Kier alpha value is -2.42. The van der Waals surface area contributed by atoms with E-state index in [9.17, 15) is 18.0 Å². The van der Waals surface area contributed by atoms with Gasteiger partial charge >= 0.3 is 6.18 Å². The van der Waals surface area contributed by atoms with E-state index in [0.29, 0.717) is 62.9 Å². The zero-order valence-electron chi connectivity index (χ0n) is 16.5. The summed E-state index contributed by atoms with van der Waals surface area (Å²) in [6, 6.07) is 0. The van der Waals surface area contributed by atoms with E-state index in [-0.39, 0.29) is 35.7 Å². The standard InChI is InChI=1S/C21H23F3N4O2/c1-12-3-2-4-16(18(12)21(22,23)24)13-7-14-9-27(10-15(14)8-13)20(29)19-26-25-17-11-30-6-5-28(17)19/h2,4,13-15H,1,3,5-11H2/t13?,14-,15+. The molecule has 3 heterocycles. The summed E-state index contributed by atoms with van der Waals surface area (Å²) in [5.41, 5.74) is -0.0211. The van der Waals surface area contributed by atoms with Gasteiger partial charge in [-0.3, -0.25) is 4.79 Å². The number of rotatable bonds is 2. The number of alkyl halides is 3. The molecule has 1 saturated carbocycles. The summed E-state index contributed by atoms with van der Waals surface area (Å²) >= 11 is 0. The van der Waals surface area contributed by atoms with Crippen molar-refractivity contribution < 1.29 is 22.7 Å². The minimum atomic E-state index is -4.38. The van der Waals surface area contributed by atoms with Crippen LogP contribution < -0.4 is 0 Å². The molecule has 160 valence electrons. The number of carbonyl (C=O) groups is 1. The number of likely N-dealkylation sites (tertiary alicyclic amines) is 1. The number of hydrogen-bond donors (Lipinski definition) is 0. The topological polar surface area (TPSA) is 60.2 Å². The van der Waals surface area contributed by atoms with E-state index in [1.54, 1.807) is 17.1 Å². The van der Waals surface area contributed by atoms with Crippen molar-refractivity contribution in [1.29, 1.82) is 0 Å². The first-order chi connectivity index (χ1) is 14.3. The molecule has 5 rings (SSSR count). The molecule has 1 saturated heterocycles. The fourth-order valence-corrected chi connectivity index (χ4v) is 5.44. The molecular weight excluding hydrogens is 397 g/mol. The molecule has 4 aliphatic rings. The lowest BCUT2D eigenvalue weighted by Crippen LogP contribution is -2.33. The Bertz CT molecular complexity index is 948. The average Bonchev–Trinajstić information content (AvgIpc) is 3.39. The molecule has 2 aliphatic carbocycles. The Morgan fingerprint density at radius 2 is 1.93 bits per heavy atom. The Morgan fingerprint density at radius 3 is 2.63 bits per heavy atom. The van der Waals surface area contributed by atoms with Gasteiger partial charge in [0.05, 0.1) is 12.2 Å². The summed E-state index contributed by atoms with van der Waals surface area (Å²) in [5.74, 6) is 1.11. The van der Waals surface area contributed by atoms with Gasteiger partial charge in [-0.05, 0) is 48.2 Å². The normalized spacial score (nSPS) is 28.8. The van der Waals surface area contributed by atoms with Crippen molar-refractivity contribution in [2.24, 2.45) is 17.8 Å². The highest BCUT2D eigenvalue weighted by Crippen LogP contribution is 2.49. The smallest absolute Gasteiger partial charge is 0.372 e. The molecule has 1 aromatic rings. The zero-order chi connectivity index (χ0) is 21.0. The summed E-state index contributed by atoms with van der Waals surface area (Å²) in [6.45, 7) is 6.18. The Kier molecular flexibility index (Phi) is 4.61. The van der Waals surface area contributed by atoms with Gasteiger partial charge in [0.2, 0.25) is 5.82 Å². The van der Waals surface area contributed by atoms with E-state index in [2.05, 4.69) is 16.8 Å². The van der Waals surface area contributed by atoms with Crippen LogP contribution in [-0.2, 0) is 17.9 Å². The first-order valence-electron chi connectivity index (χ1n) is 10.3. The lowest BCUT2D eigenvalue weighted by atomic mass is 9.84. The average molecular weight is 420 g/mol. The molecule has 1 unspecified atom stereocenters. The largest absolute Gasteiger partial charge is 0.416 e. The molecule has 2 fully saturated rings. The molecule has 2 aliphatic heterocycles. The van der Waals surface area contributed by atoms with Crippen molar-refractivity contribution in [3.05, 3.63) is 47.1 Å². The number of fused-ring (bicyclic) bond motifs is 2. The number of amides is 1. The maximum Gasteiger partial charge on any atom is 0.416 e. The monoisotopic (exact) mass is 420 g/mol. The second kappa shape index (κ2) is 7.08. The first-order valence-corrected chi connectivity index (χ1v) is 10.3. The molecule has 1 amide bonds. The molecule has 0 spiro atoms. The molecular formula is C21H23F3N4O2. The maximum absolute atomic E-state index is 13.6. The highest BCUT2D eigenvalue weighted by Gasteiger charge is 2.47. The molecule has 1 aromatic heterocycles. The molecule has 0 radical (unpaired) electrons. The quantitative estimate of drug-likeness (QED) is 0.737. The summed E-state index contributed by atoms with van der Waals surface area (Å²) in [4.78, 5) is 14.8. The highest BCUT2D eigenvalue weighted by atomic mass is 19.4. The second-order valence-corrected chi connectivity index (χ2v) is 8.58. The van der Waals surface area contributed by atoms with Gasteiger partial charge in [0, 0.05) is 19.6 Å².